The summed E-state index contributed by atoms with van der Waals surface area (Å²) in [5.74, 6) is 1.24. The first-order chi connectivity index (χ1) is 20.8. The first kappa shape index (κ1) is 34.5. The molecule has 0 unspecified atom stereocenters. The van der Waals surface area contributed by atoms with Crippen molar-refractivity contribution in [3.8, 4) is 5.75 Å². The van der Waals surface area contributed by atoms with E-state index >= 15 is 0 Å². The summed E-state index contributed by atoms with van der Waals surface area (Å²) >= 11 is 0. The molecule has 2 saturated carbocycles. The number of rotatable bonds is 10. The second-order valence-corrected chi connectivity index (χ2v) is 13.4. The molecule has 2 heterocycles. The van der Waals surface area contributed by atoms with Gasteiger partial charge in [-0.15, -0.1) is 12.4 Å². The zero-order valence-electron chi connectivity index (χ0n) is 26.6. The number of piperidine rings is 1. The molecule has 1 spiro atoms. The van der Waals surface area contributed by atoms with E-state index in [0.717, 1.165) is 89.6 Å². The van der Waals surface area contributed by atoms with E-state index in [0.29, 0.717) is 30.9 Å². The summed E-state index contributed by atoms with van der Waals surface area (Å²) in [5.41, 5.74) is -0.174. The predicted octanol–water partition coefficient (Wildman–Crippen LogP) is 4.31. The van der Waals surface area contributed by atoms with Crippen LogP contribution in [-0.4, -0.2) is 89.6 Å². The summed E-state index contributed by atoms with van der Waals surface area (Å²) in [7, 11) is 1.63. The van der Waals surface area contributed by atoms with Crippen LogP contribution in [0.1, 0.15) is 101 Å². The summed E-state index contributed by atoms with van der Waals surface area (Å²) in [6.07, 6.45) is 11.9. The highest BCUT2D eigenvalue weighted by atomic mass is 35.5. The van der Waals surface area contributed by atoms with Crippen LogP contribution in [0.4, 0.5) is 0 Å². The number of nitrogens with zero attached hydrogens (tertiary/aromatic N) is 2. The Kier molecular flexibility index (Phi) is 12.4. The number of aliphatic hydroxyl groups is 1. The lowest BCUT2D eigenvalue weighted by Crippen LogP contribution is -2.75. The number of nitrogens with one attached hydrogen (secondary N) is 2. The van der Waals surface area contributed by atoms with Crippen LogP contribution in [0.2, 0.25) is 0 Å². The molecule has 2 atom stereocenters. The fraction of sp³-hybridized carbons (Fsp3) is 0.735. The Hall–Kier alpha value is -2.36. The number of ether oxygens (including phenoxy) is 1. The van der Waals surface area contributed by atoms with E-state index in [9.17, 15) is 19.5 Å². The van der Waals surface area contributed by atoms with Gasteiger partial charge in [0.1, 0.15) is 17.3 Å². The number of hydrogen-bond acceptors (Lipinski definition) is 6. The lowest BCUT2D eigenvalue weighted by atomic mass is 9.77. The maximum absolute atomic E-state index is 13.9. The van der Waals surface area contributed by atoms with Gasteiger partial charge in [-0.25, -0.2) is 0 Å². The van der Waals surface area contributed by atoms with Crippen molar-refractivity contribution >= 4 is 30.1 Å². The van der Waals surface area contributed by atoms with E-state index in [4.69, 9.17) is 4.74 Å². The van der Waals surface area contributed by atoms with Crippen molar-refractivity contribution in [3.63, 3.8) is 0 Å². The van der Waals surface area contributed by atoms with Crippen LogP contribution in [0.3, 0.4) is 0 Å². The monoisotopic (exact) mass is 632 g/mol. The second-order valence-electron chi connectivity index (χ2n) is 13.4. The van der Waals surface area contributed by atoms with E-state index in [2.05, 4.69) is 22.5 Å². The fourth-order valence-electron chi connectivity index (χ4n) is 7.88. The molecule has 246 valence electrons. The number of benzene rings is 1. The normalized spacial score (nSPS) is 26.9. The summed E-state index contributed by atoms with van der Waals surface area (Å²) < 4.78 is 6.22. The average Bonchev–Trinajstić information content (AvgIpc) is 3.04. The second kappa shape index (κ2) is 15.8. The number of amides is 3. The van der Waals surface area contributed by atoms with Crippen molar-refractivity contribution in [1.82, 2.24) is 20.4 Å². The van der Waals surface area contributed by atoms with Gasteiger partial charge in [0.15, 0.2) is 0 Å². The Balaban J connectivity index is 0.00000442. The Bertz CT molecular complexity index is 1100. The smallest absolute Gasteiger partial charge is 0.251 e. The van der Waals surface area contributed by atoms with Crippen LogP contribution in [0.15, 0.2) is 24.3 Å². The number of piperazine rings is 1. The van der Waals surface area contributed by atoms with Crippen molar-refractivity contribution in [1.29, 1.82) is 0 Å². The summed E-state index contributed by atoms with van der Waals surface area (Å²) in [5, 5.41) is 16.9. The maximum Gasteiger partial charge on any atom is 0.251 e. The highest BCUT2D eigenvalue weighted by Crippen LogP contribution is 2.37. The molecular weight excluding hydrogens is 580 g/mol. The van der Waals surface area contributed by atoms with Gasteiger partial charge in [-0.1, -0.05) is 32.6 Å². The van der Waals surface area contributed by atoms with Gasteiger partial charge in [-0.2, -0.15) is 0 Å². The van der Waals surface area contributed by atoms with Crippen molar-refractivity contribution in [2.45, 2.75) is 114 Å². The molecule has 44 heavy (non-hydrogen) atoms. The van der Waals surface area contributed by atoms with Gasteiger partial charge in [0.2, 0.25) is 11.8 Å². The summed E-state index contributed by atoms with van der Waals surface area (Å²) in [6.45, 7) is 5.30. The molecule has 1 aromatic carbocycles. The largest absolute Gasteiger partial charge is 0.490 e. The van der Waals surface area contributed by atoms with Crippen LogP contribution in [0, 0.1) is 11.8 Å². The molecule has 4 fully saturated rings. The van der Waals surface area contributed by atoms with Crippen LogP contribution >= 0.6 is 12.4 Å². The molecule has 4 aliphatic rings. The van der Waals surface area contributed by atoms with Crippen molar-refractivity contribution in [2.24, 2.45) is 11.8 Å². The van der Waals surface area contributed by atoms with E-state index in [1.165, 1.54) is 6.42 Å². The molecule has 5 rings (SSSR count). The minimum Gasteiger partial charge on any atom is -0.490 e. The molecular formula is C34H53ClN4O5. The molecule has 3 N–H and O–H groups in total. The topological polar surface area (TPSA) is 111 Å². The number of carbonyl (C=O) groups is 3. The molecule has 0 bridgehead atoms. The number of likely N-dealkylation sites (tertiary alicyclic amines) is 1. The number of halogens is 1. The highest BCUT2D eigenvalue weighted by Gasteiger charge is 2.55. The van der Waals surface area contributed by atoms with E-state index < -0.39 is 17.7 Å². The van der Waals surface area contributed by atoms with Gasteiger partial charge in [-0.3, -0.25) is 14.4 Å². The SMILES string of the molecule is CCCCN1C(=O)[C@@H]([C@H](O)C2CCCCC2)NC(=O)C12CCN(CC1CCC(Oc3ccc(C(=O)NC)cc3)CC1)CC2.Cl. The minimum atomic E-state index is -0.817. The number of carbonyl (C=O) groups excluding carboxylic acids is 3. The lowest BCUT2D eigenvalue weighted by molar-refractivity contribution is -0.166. The van der Waals surface area contributed by atoms with Gasteiger partial charge < -0.3 is 30.3 Å². The molecule has 10 heteroatoms. The van der Waals surface area contributed by atoms with Gasteiger partial charge in [0.05, 0.1) is 12.2 Å². The fourth-order valence-corrected chi connectivity index (χ4v) is 7.88. The first-order valence-electron chi connectivity index (χ1n) is 16.9. The van der Waals surface area contributed by atoms with E-state index in [1.54, 1.807) is 19.2 Å². The summed E-state index contributed by atoms with van der Waals surface area (Å²) in [4.78, 5) is 43.8. The Labute approximate surface area is 269 Å². The quantitative estimate of drug-likeness (QED) is 0.355. The number of aliphatic hydroxyl groups excluding tert-OH is 1. The zero-order valence-corrected chi connectivity index (χ0v) is 27.4. The van der Waals surface area contributed by atoms with Crippen LogP contribution in [0.5, 0.6) is 5.75 Å². The van der Waals surface area contributed by atoms with Crippen LogP contribution < -0.4 is 15.4 Å². The van der Waals surface area contributed by atoms with E-state index in [1.807, 2.05) is 17.0 Å². The van der Waals surface area contributed by atoms with Crippen LogP contribution in [0.25, 0.3) is 0 Å². The number of unbranched alkanes of at least 4 members (excludes halogenated alkanes) is 1. The van der Waals surface area contributed by atoms with E-state index in [-0.39, 0.29) is 42.2 Å². The Morgan fingerprint density at radius 2 is 1.70 bits per heavy atom. The Morgan fingerprint density at radius 3 is 2.32 bits per heavy atom. The molecule has 2 saturated heterocycles. The molecule has 3 amide bonds. The van der Waals surface area contributed by atoms with Crippen molar-refractivity contribution in [3.05, 3.63) is 29.8 Å². The van der Waals surface area contributed by atoms with Gasteiger partial charge >= 0.3 is 0 Å². The highest BCUT2D eigenvalue weighted by molar-refractivity contribution is 6.00. The van der Waals surface area contributed by atoms with Gasteiger partial charge in [0, 0.05) is 38.8 Å². The molecule has 1 aromatic rings. The first-order valence-corrected chi connectivity index (χ1v) is 16.9. The lowest BCUT2D eigenvalue weighted by Gasteiger charge is -2.53. The standard InChI is InChI=1S/C34H52N4O5.ClH/c1-3-4-20-38-32(41)29(30(39)25-8-6-5-7-9-25)36-33(42)34(38)18-21-37(22-19-34)23-24-10-14-27(15-11-24)43-28-16-12-26(13-17-28)31(40)35-2;/h12-13,16-17,24-25,27,29-30,39H,3-11,14-15,18-23H2,1-2H3,(H,35,40)(H,36,42);1H/t24?,27?,29-,30-;/m1./s1. The van der Waals surface area contributed by atoms with Gasteiger partial charge in [0.25, 0.3) is 5.91 Å². The molecule has 9 nitrogen and oxygen atoms in total. The van der Waals surface area contributed by atoms with Gasteiger partial charge in [-0.05, 0) is 93.9 Å². The van der Waals surface area contributed by atoms with Crippen LogP contribution in [-0.2, 0) is 9.59 Å². The minimum absolute atomic E-state index is 0. The summed E-state index contributed by atoms with van der Waals surface area (Å²) in [6, 6.07) is 6.52. The number of hydrogen-bond donors (Lipinski definition) is 3. The maximum atomic E-state index is 13.9. The molecule has 2 aliphatic heterocycles. The molecule has 0 aromatic heterocycles. The predicted molar refractivity (Wildman–Crippen MR) is 173 cm³/mol. The third-order valence-electron chi connectivity index (χ3n) is 10.6. The molecule has 0 radical (unpaired) electrons. The van der Waals surface area contributed by atoms with Crippen molar-refractivity contribution in [2.75, 3.05) is 33.2 Å². The molecule has 2 aliphatic carbocycles. The van der Waals surface area contributed by atoms with Crippen molar-refractivity contribution < 1.29 is 24.2 Å². The zero-order chi connectivity index (χ0) is 30.4. The Morgan fingerprint density at radius 1 is 1.05 bits per heavy atom. The third kappa shape index (κ3) is 7.71. The average molecular weight is 633 g/mol. The third-order valence-corrected chi connectivity index (χ3v) is 10.6.